The fourth-order valence-corrected chi connectivity index (χ4v) is 4.37. The molecule has 0 spiro atoms. The maximum Gasteiger partial charge on any atom is 0.213 e. The lowest BCUT2D eigenvalue weighted by Crippen LogP contribution is -2.25. The molecule has 4 nitrogen and oxygen atoms in total. The first-order valence-corrected chi connectivity index (χ1v) is 9.74. The van der Waals surface area contributed by atoms with Crippen molar-refractivity contribution in [3.05, 3.63) is 52.5 Å². The van der Waals surface area contributed by atoms with Crippen LogP contribution in [-0.4, -0.2) is 36.7 Å². The van der Waals surface area contributed by atoms with Crippen LogP contribution in [0, 0.1) is 18.7 Å². The van der Waals surface area contributed by atoms with E-state index in [9.17, 15) is 4.39 Å². The van der Waals surface area contributed by atoms with Gasteiger partial charge in [0.15, 0.2) is 0 Å². The Morgan fingerprint density at radius 1 is 1.33 bits per heavy atom. The fraction of sp³-hybridized carbons (Fsp3) is 0.500. The summed E-state index contributed by atoms with van der Waals surface area (Å²) >= 11 is 0. The van der Waals surface area contributed by atoms with Gasteiger partial charge in [0.2, 0.25) is 5.88 Å². The van der Waals surface area contributed by atoms with E-state index in [1.54, 1.807) is 13.2 Å². The Hall–Kier alpha value is -2.14. The van der Waals surface area contributed by atoms with Crippen molar-refractivity contribution >= 4 is 0 Å². The third kappa shape index (κ3) is 3.79. The fourth-order valence-electron chi connectivity index (χ4n) is 4.37. The van der Waals surface area contributed by atoms with E-state index in [2.05, 4.69) is 22.9 Å². The average molecular weight is 370 g/mol. The van der Waals surface area contributed by atoms with Crippen LogP contribution < -0.4 is 9.47 Å². The zero-order valence-corrected chi connectivity index (χ0v) is 16.3. The smallest absolute Gasteiger partial charge is 0.213 e. The van der Waals surface area contributed by atoms with E-state index in [1.165, 1.54) is 5.56 Å². The van der Waals surface area contributed by atoms with Crippen molar-refractivity contribution in [1.82, 2.24) is 9.88 Å². The summed E-state index contributed by atoms with van der Waals surface area (Å²) in [6.07, 6.45) is 2.93. The third-order valence-electron chi connectivity index (χ3n) is 5.85. The van der Waals surface area contributed by atoms with Crippen molar-refractivity contribution in [2.45, 2.75) is 39.2 Å². The van der Waals surface area contributed by atoms with Gasteiger partial charge in [0.25, 0.3) is 0 Å². The molecule has 1 aromatic carbocycles. The molecule has 1 fully saturated rings. The lowest BCUT2D eigenvalue weighted by molar-refractivity contribution is 0.246. The molecule has 3 heterocycles. The van der Waals surface area contributed by atoms with Crippen LogP contribution in [-0.2, 0) is 12.8 Å². The molecule has 1 saturated heterocycles. The molecule has 0 radical (unpaired) electrons. The number of halogens is 1. The van der Waals surface area contributed by atoms with Gasteiger partial charge in [-0.05, 0) is 62.9 Å². The predicted molar refractivity (Wildman–Crippen MR) is 103 cm³/mol. The van der Waals surface area contributed by atoms with Gasteiger partial charge in [0, 0.05) is 41.9 Å². The van der Waals surface area contributed by atoms with Crippen molar-refractivity contribution in [2.75, 3.05) is 26.8 Å². The Balaban J connectivity index is 1.44. The third-order valence-corrected chi connectivity index (χ3v) is 5.85. The molecule has 4 rings (SSSR count). The first-order valence-electron chi connectivity index (χ1n) is 9.74. The molecule has 0 N–H and O–H groups in total. The van der Waals surface area contributed by atoms with E-state index in [1.807, 2.05) is 19.1 Å². The van der Waals surface area contributed by atoms with Gasteiger partial charge >= 0.3 is 0 Å². The lowest BCUT2D eigenvalue weighted by atomic mass is 9.98. The first kappa shape index (κ1) is 18.2. The van der Waals surface area contributed by atoms with Crippen LogP contribution >= 0.6 is 0 Å². The second kappa shape index (κ2) is 7.47. The zero-order chi connectivity index (χ0) is 19.0. The maximum atomic E-state index is 14.6. The highest BCUT2D eigenvalue weighted by molar-refractivity contribution is 5.42. The number of pyridine rings is 1. The molecular weight excluding hydrogens is 343 g/mol. The number of hydrogen-bond donors (Lipinski definition) is 0. The number of nitrogens with zero attached hydrogens (tertiary/aromatic N) is 2. The van der Waals surface area contributed by atoms with Crippen molar-refractivity contribution in [2.24, 2.45) is 5.92 Å². The van der Waals surface area contributed by atoms with Crippen molar-refractivity contribution in [3.8, 4) is 11.6 Å². The van der Waals surface area contributed by atoms with E-state index in [0.29, 0.717) is 18.4 Å². The normalized spacial score (nSPS) is 20.4. The molecule has 5 heteroatoms. The summed E-state index contributed by atoms with van der Waals surface area (Å²) < 4.78 is 25.5. The monoisotopic (exact) mass is 370 g/mol. The highest BCUT2D eigenvalue weighted by Gasteiger charge is 2.29. The van der Waals surface area contributed by atoms with Crippen molar-refractivity contribution in [3.63, 3.8) is 0 Å². The topological polar surface area (TPSA) is 34.6 Å². The minimum absolute atomic E-state index is 0.0539. The second-order valence-electron chi connectivity index (χ2n) is 7.77. The minimum atomic E-state index is -0.107. The van der Waals surface area contributed by atoms with Gasteiger partial charge in [0.05, 0.1) is 13.7 Å². The highest BCUT2D eigenvalue weighted by atomic mass is 19.1. The number of methoxy groups -OCH3 is 1. The number of likely N-dealkylation sites (tertiary alicyclic amines) is 1. The highest BCUT2D eigenvalue weighted by Crippen LogP contribution is 2.35. The molecule has 2 aromatic rings. The Morgan fingerprint density at radius 3 is 3.00 bits per heavy atom. The van der Waals surface area contributed by atoms with Crippen LogP contribution in [0.4, 0.5) is 4.39 Å². The van der Waals surface area contributed by atoms with E-state index >= 15 is 0 Å². The summed E-state index contributed by atoms with van der Waals surface area (Å²) in [4.78, 5) is 6.75. The molecule has 2 aliphatic heterocycles. The van der Waals surface area contributed by atoms with Gasteiger partial charge in [-0.1, -0.05) is 0 Å². The van der Waals surface area contributed by atoms with Crippen LogP contribution in [0.2, 0.25) is 0 Å². The summed E-state index contributed by atoms with van der Waals surface area (Å²) in [5, 5.41) is 0. The molecule has 2 aliphatic rings. The summed E-state index contributed by atoms with van der Waals surface area (Å²) in [7, 11) is 1.65. The van der Waals surface area contributed by atoms with Gasteiger partial charge < -0.3 is 9.47 Å². The van der Waals surface area contributed by atoms with E-state index in [4.69, 9.17) is 9.47 Å². The molecule has 2 atom stereocenters. The molecule has 27 heavy (non-hydrogen) atoms. The SMILES string of the molecule is COc1cc(C[C@H]2CCN([C@H](C)c3cc4c(cc3F)CCO4)C2)cc(C)n1. The van der Waals surface area contributed by atoms with Gasteiger partial charge in [-0.15, -0.1) is 0 Å². The lowest BCUT2D eigenvalue weighted by Gasteiger charge is -2.25. The number of benzene rings is 1. The molecular formula is C22H27FN2O2. The van der Waals surface area contributed by atoms with E-state index in [0.717, 1.165) is 54.9 Å². The van der Waals surface area contributed by atoms with Gasteiger partial charge in [-0.2, -0.15) is 0 Å². The first-order chi connectivity index (χ1) is 13.0. The second-order valence-corrected chi connectivity index (χ2v) is 7.77. The summed E-state index contributed by atoms with van der Waals surface area (Å²) in [5.41, 5.74) is 3.98. The van der Waals surface area contributed by atoms with Crippen LogP contribution in [0.1, 0.15) is 41.8 Å². The van der Waals surface area contributed by atoms with Crippen LogP contribution in [0.5, 0.6) is 11.6 Å². The number of aryl methyl sites for hydroxylation is 1. The molecule has 0 saturated carbocycles. The number of ether oxygens (including phenoxy) is 2. The largest absolute Gasteiger partial charge is 0.493 e. The molecule has 144 valence electrons. The summed E-state index contributed by atoms with van der Waals surface area (Å²) in [5.74, 6) is 1.99. The van der Waals surface area contributed by atoms with E-state index in [-0.39, 0.29) is 11.9 Å². The van der Waals surface area contributed by atoms with Crippen molar-refractivity contribution in [1.29, 1.82) is 0 Å². The molecule has 0 unspecified atom stereocenters. The van der Waals surface area contributed by atoms with Crippen LogP contribution in [0.25, 0.3) is 0 Å². The standard InChI is InChI=1S/C22H27FN2O2/c1-14-8-17(10-22(24-14)26-3)9-16-4-6-25(13-16)15(2)19-12-21-18(5-7-27-21)11-20(19)23/h8,10-12,15-16H,4-7,9,13H2,1-3H3/t15-,16-/m1/s1. The Bertz CT molecular complexity index is 839. The molecule has 0 amide bonds. The maximum absolute atomic E-state index is 14.6. The number of fused-ring (bicyclic) bond motifs is 1. The van der Waals surface area contributed by atoms with Crippen LogP contribution in [0.3, 0.4) is 0 Å². The summed E-state index contributed by atoms with van der Waals surface area (Å²) in [6, 6.07) is 7.78. The quantitative estimate of drug-likeness (QED) is 0.794. The number of rotatable bonds is 5. The molecule has 0 bridgehead atoms. The summed E-state index contributed by atoms with van der Waals surface area (Å²) in [6.45, 7) is 6.72. The zero-order valence-electron chi connectivity index (χ0n) is 16.3. The van der Waals surface area contributed by atoms with Gasteiger partial charge in [0.1, 0.15) is 11.6 Å². The van der Waals surface area contributed by atoms with Gasteiger partial charge in [-0.25, -0.2) is 9.37 Å². The number of hydrogen-bond acceptors (Lipinski definition) is 4. The molecule has 1 aromatic heterocycles. The van der Waals surface area contributed by atoms with E-state index < -0.39 is 0 Å². The Morgan fingerprint density at radius 2 is 2.19 bits per heavy atom. The molecule has 0 aliphatic carbocycles. The predicted octanol–water partition coefficient (Wildman–Crippen LogP) is 4.10. The Labute approximate surface area is 160 Å². The van der Waals surface area contributed by atoms with Crippen molar-refractivity contribution < 1.29 is 13.9 Å². The minimum Gasteiger partial charge on any atom is -0.493 e. The number of aromatic nitrogens is 1. The Kier molecular flexibility index (Phi) is 5.04. The van der Waals surface area contributed by atoms with Crippen LogP contribution in [0.15, 0.2) is 24.3 Å². The van der Waals surface area contributed by atoms with Gasteiger partial charge in [-0.3, -0.25) is 4.90 Å². The average Bonchev–Trinajstić information content (AvgIpc) is 3.28.